The van der Waals surface area contributed by atoms with E-state index in [1.165, 1.54) is 49.6 Å². The fraction of sp³-hybridized carbons (Fsp3) is 0.0213. The molecule has 1 atom stereocenters. The first-order valence-corrected chi connectivity index (χ1v) is 17.1. The van der Waals surface area contributed by atoms with Crippen LogP contribution in [0.4, 0.5) is 0 Å². The lowest BCUT2D eigenvalue weighted by Gasteiger charge is -2.15. The topological polar surface area (TPSA) is 30.7 Å². The van der Waals surface area contributed by atoms with Gasteiger partial charge in [-0.25, -0.2) is 9.97 Å². The summed E-state index contributed by atoms with van der Waals surface area (Å²) in [6.45, 7) is 0. The van der Waals surface area contributed by atoms with Gasteiger partial charge in [-0.2, -0.15) is 0 Å². The van der Waals surface area contributed by atoms with Crippen molar-refractivity contribution in [2.45, 2.75) is 5.92 Å². The number of rotatable bonds is 5. The van der Waals surface area contributed by atoms with Gasteiger partial charge in [-0.3, -0.25) is 0 Å². The Kier molecular flexibility index (Phi) is 6.56. The van der Waals surface area contributed by atoms with E-state index >= 15 is 0 Å². The predicted molar refractivity (Wildman–Crippen MR) is 206 cm³/mol. The van der Waals surface area contributed by atoms with Crippen molar-refractivity contribution in [1.82, 2.24) is 14.5 Å². The van der Waals surface area contributed by atoms with E-state index in [2.05, 4.69) is 162 Å². The van der Waals surface area contributed by atoms with E-state index in [9.17, 15) is 0 Å². The molecule has 1 aliphatic rings. The molecule has 234 valence electrons. The maximum Gasteiger partial charge on any atom is 0.160 e. The van der Waals surface area contributed by atoms with Crippen molar-refractivity contribution in [1.29, 1.82) is 0 Å². The van der Waals surface area contributed by atoms with Gasteiger partial charge in [0.25, 0.3) is 0 Å². The Hall–Kier alpha value is -6.58. The van der Waals surface area contributed by atoms with Crippen LogP contribution in [0, 0.1) is 0 Å². The summed E-state index contributed by atoms with van der Waals surface area (Å²) in [5, 5.41) is 2.52. The molecule has 0 saturated heterocycles. The molecule has 2 heterocycles. The van der Waals surface area contributed by atoms with Gasteiger partial charge in [0.05, 0.1) is 22.4 Å². The van der Waals surface area contributed by atoms with Gasteiger partial charge in [0.2, 0.25) is 0 Å². The van der Waals surface area contributed by atoms with Crippen LogP contribution in [0.3, 0.4) is 0 Å². The molecule has 0 N–H and O–H groups in total. The largest absolute Gasteiger partial charge is 0.309 e. The number of hydrogen-bond acceptors (Lipinski definition) is 2. The molecule has 0 spiro atoms. The highest BCUT2D eigenvalue weighted by Gasteiger charge is 2.31. The van der Waals surface area contributed by atoms with Crippen LogP contribution in [-0.2, 0) is 0 Å². The summed E-state index contributed by atoms with van der Waals surface area (Å²) in [4.78, 5) is 10.1. The molecule has 1 aliphatic carbocycles. The molecular weight excluding hydrogens is 607 g/mol. The third-order valence-corrected chi connectivity index (χ3v) is 10.1. The second-order valence-electron chi connectivity index (χ2n) is 13.0. The number of para-hydroxylation sites is 1. The van der Waals surface area contributed by atoms with Gasteiger partial charge in [-0.15, -0.1) is 0 Å². The van der Waals surface area contributed by atoms with Crippen molar-refractivity contribution in [3.8, 4) is 50.7 Å². The average Bonchev–Trinajstić information content (AvgIpc) is 3.70. The van der Waals surface area contributed by atoms with E-state index in [4.69, 9.17) is 9.97 Å². The van der Waals surface area contributed by atoms with Crippen molar-refractivity contribution >= 4 is 21.8 Å². The number of nitrogens with zero attached hydrogens (tertiary/aromatic N) is 3. The summed E-state index contributed by atoms with van der Waals surface area (Å²) in [6.07, 6.45) is 0. The van der Waals surface area contributed by atoms with Crippen molar-refractivity contribution in [2.75, 3.05) is 0 Å². The first-order chi connectivity index (χ1) is 24.8. The van der Waals surface area contributed by atoms with Gasteiger partial charge < -0.3 is 4.57 Å². The quantitative estimate of drug-likeness (QED) is 0.188. The zero-order valence-electron chi connectivity index (χ0n) is 27.2. The molecule has 0 aliphatic heterocycles. The maximum absolute atomic E-state index is 5.07. The van der Waals surface area contributed by atoms with E-state index in [1.54, 1.807) is 0 Å². The zero-order valence-corrected chi connectivity index (χ0v) is 27.2. The van der Waals surface area contributed by atoms with Crippen molar-refractivity contribution in [2.24, 2.45) is 0 Å². The summed E-state index contributed by atoms with van der Waals surface area (Å²) >= 11 is 0. The molecule has 0 radical (unpaired) electrons. The third-order valence-electron chi connectivity index (χ3n) is 10.1. The Morgan fingerprint density at radius 1 is 0.400 bits per heavy atom. The summed E-state index contributed by atoms with van der Waals surface area (Å²) in [5.74, 6) is 0.910. The lowest BCUT2D eigenvalue weighted by molar-refractivity contribution is 1.01. The molecule has 1 unspecified atom stereocenters. The zero-order chi connectivity index (χ0) is 33.0. The molecule has 3 nitrogen and oxygen atoms in total. The van der Waals surface area contributed by atoms with Crippen LogP contribution in [-0.4, -0.2) is 14.5 Å². The molecule has 9 aromatic rings. The lowest BCUT2D eigenvalue weighted by Crippen LogP contribution is -2.00. The van der Waals surface area contributed by atoms with Crippen molar-refractivity contribution in [3.63, 3.8) is 0 Å². The van der Waals surface area contributed by atoms with E-state index < -0.39 is 0 Å². The Balaban J connectivity index is 1.13. The molecular formula is C47H31N3. The third kappa shape index (κ3) is 4.59. The number of hydrogen-bond donors (Lipinski definition) is 0. The number of fused-ring (bicyclic) bond motifs is 6. The minimum absolute atomic E-state index is 0.191. The van der Waals surface area contributed by atoms with Gasteiger partial charge >= 0.3 is 0 Å². The molecule has 50 heavy (non-hydrogen) atoms. The predicted octanol–water partition coefficient (Wildman–Crippen LogP) is 11.7. The second-order valence-corrected chi connectivity index (χ2v) is 13.0. The normalized spacial score (nSPS) is 13.4. The first kappa shape index (κ1) is 28.4. The summed E-state index contributed by atoms with van der Waals surface area (Å²) < 4.78 is 2.42. The highest BCUT2D eigenvalue weighted by atomic mass is 15.0. The molecule has 3 heteroatoms. The van der Waals surface area contributed by atoms with Gasteiger partial charge in [0, 0.05) is 39.1 Å². The fourth-order valence-electron chi connectivity index (χ4n) is 7.80. The number of benzene rings is 7. The highest BCUT2D eigenvalue weighted by molar-refractivity contribution is 6.11. The number of aromatic nitrogens is 3. The lowest BCUT2D eigenvalue weighted by atomic mass is 9.89. The second kappa shape index (κ2) is 11.5. The van der Waals surface area contributed by atoms with E-state index in [0.717, 1.165) is 39.6 Å². The van der Waals surface area contributed by atoms with Crippen LogP contribution >= 0.6 is 0 Å². The summed E-state index contributed by atoms with van der Waals surface area (Å²) in [6, 6.07) is 65.0. The first-order valence-electron chi connectivity index (χ1n) is 17.1. The minimum atomic E-state index is 0.191. The van der Waals surface area contributed by atoms with Crippen LogP contribution in [0.15, 0.2) is 182 Å². The van der Waals surface area contributed by atoms with Gasteiger partial charge in [0.15, 0.2) is 5.82 Å². The molecule has 0 amide bonds. The van der Waals surface area contributed by atoms with Gasteiger partial charge in [0.1, 0.15) is 0 Å². The van der Waals surface area contributed by atoms with Gasteiger partial charge in [-0.1, -0.05) is 146 Å². The Labute approximate surface area is 290 Å². The van der Waals surface area contributed by atoms with Gasteiger partial charge in [-0.05, 0) is 64.2 Å². The summed E-state index contributed by atoms with van der Waals surface area (Å²) in [7, 11) is 0. The van der Waals surface area contributed by atoms with Crippen LogP contribution < -0.4 is 0 Å². The van der Waals surface area contributed by atoms with Crippen LogP contribution in [0.5, 0.6) is 0 Å². The standard InChI is InChI=1S/C47H31N3/c1-4-14-31(15-5-1)42-30-43(49-47(48-42)34-18-8-3-9-19-34)32-24-26-35(27-25-32)50-44-23-13-12-21-37(44)40-28-39-36-20-10-11-22-38(36)46(41(39)29-45(40)50)33-16-6-2-7-17-33/h1-30,46H. The van der Waals surface area contributed by atoms with Crippen molar-refractivity contribution < 1.29 is 0 Å². The van der Waals surface area contributed by atoms with E-state index in [-0.39, 0.29) is 5.92 Å². The maximum atomic E-state index is 5.07. The van der Waals surface area contributed by atoms with Crippen LogP contribution in [0.25, 0.3) is 72.5 Å². The smallest absolute Gasteiger partial charge is 0.160 e. The highest BCUT2D eigenvalue weighted by Crippen LogP contribution is 2.50. The Bertz CT molecular complexity index is 2620. The molecule has 0 bridgehead atoms. The van der Waals surface area contributed by atoms with E-state index in [0.29, 0.717) is 0 Å². The monoisotopic (exact) mass is 637 g/mol. The molecule has 7 aromatic carbocycles. The van der Waals surface area contributed by atoms with E-state index in [1.807, 2.05) is 24.3 Å². The Morgan fingerprint density at radius 3 is 1.74 bits per heavy atom. The molecule has 2 aromatic heterocycles. The molecule has 10 rings (SSSR count). The Morgan fingerprint density at radius 2 is 1.00 bits per heavy atom. The average molecular weight is 638 g/mol. The minimum Gasteiger partial charge on any atom is -0.309 e. The fourth-order valence-corrected chi connectivity index (χ4v) is 7.80. The van der Waals surface area contributed by atoms with Crippen LogP contribution in [0.2, 0.25) is 0 Å². The summed E-state index contributed by atoms with van der Waals surface area (Å²) in [5.41, 5.74) is 15.1. The molecule has 0 fully saturated rings. The SMILES string of the molecule is c1ccc(-c2cc(-c3ccc(-n4c5ccccc5c5cc6c(cc54)C(c4ccccc4)c4ccccc4-6)cc3)nc(-c3ccccc3)n2)cc1. The van der Waals surface area contributed by atoms with Crippen molar-refractivity contribution in [3.05, 3.63) is 199 Å². The molecule has 0 saturated carbocycles. The van der Waals surface area contributed by atoms with Crippen LogP contribution in [0.1, 0.15) is 22.6 Å².